The van der Waals surface area contributed by atoms with Gasteiger partial charge in [0.15, 0.2) is 0 Å². The number of likely N-dealkylation sites (N-methyl/N-ethyl adjacent to an activating group) is 1. The van der Waals surface area contributed by atoms with Crippen LogP contribution in [-0.4, -0.2) is 44.4 Å². The first kappa shape index (κ1) is 10.2. The summed E-state index contributed by atoms with van der Waals surface area (Å²) in [5.74, 6) is 0. The molecule has 0 radical (unpaired) electrons. The van der Waals surface area contributed by atoms with Crippen molar-refractivity contribution >= 4 is 6.08 Å². The highest BCUT2D eigenvalue weighted by molar-refractivity contribution is 5.57. The van der Waals surface area contributed by atoms with Gasteiger partial charge in [-0.1, -0.05) is 0 Å². The SMILES string of the molecule is CC(C[N+](C)(C)C)OC(=N)[O-]. The summed E-state index contributed by atoms with van der Waals surface area (Å²) in [7, 11) is 6.02. The first-order valence-corrected chi connectivity index (χ1v) is 3.54. The van der Waals surface area contributed by atoms with Gasteiger partial charge in [-0.2, -0.15) is 0 Å². The standard InChI is InChI=1S/C7H16N2O2/c1-6(11-7(8)10)5-9(2,3)4/h6H,5H2,1-4H3,(H-,8,10). The molecule has 66 valence electrons. The lowest BCUT2D eigenvalue weighted by atomic mass is 10.3. The summed E-state index contributed by atoms with van der Waals surface area (Å²) in [6.45, 7) is 2.51. The minimum atomic E-state index is -0.953. The fourth-order valence-corrected chi connectivity index (χ4v) is 0.991. The Kier molecular flexibility index (Phi) is 3.32. The van der Waals surface area contributed by atoms with E-state index in [-0.39, 0.29) is 6.10 Å². The second kappa shape index (κ2) is 3.57. The maximum Gasteiger partial charge on any atom is 0.142 e. The lowest BCUT2D eigenvalue weighted by Crippen LogP contribution is -2.42. The van der Waals surface area contributed by atoms with E-state index in [1.807, 2.05) is 21.1 Å². The van der Waals surface area contributed by atoms with Crippen molar-refractivity contribution in [3.05, 3.63) is 0 Å². The van der Waals surface area contributed by atoms with Gasteiger partial charge in [0.2, 0.25) is 0 Å². The van der Waals surface area contributed by atoms with Gasteiger partial charge in [0.1, 0.15) is 6.08 Å². The molecule has 0 bridgehead atoms. The molecule has 0 heterocycles. The Bertz CT molecular complexity index is 140. The molecule has 4 heteroatoms. The Morgan fingerprint density at radius 2 is 2.00 bits per heavy atom. The normalized spacial score (nSPS) is 14.2. The molecule has 1 unspecified atom stereocenters. The number of hydrogen-bond acceptors (Lipinski definition) is 3. The molecular formula is C7H16N2O2. The maximum atomic E-state index is 10.2. The largest absolute Gasteiger partial charge is 0.592 e. The van der Waals surface area contributed by atoms with E-state index in [0.717, 1.165) is 11.0 Å². The van der Waals surface area contributed by atoms with Crippen molar-refractivity contribution < 1.29 is 14.3 Å². The van der Waals surface area contributed by atoms with Crippen molar-refractivity contribution in [1.29, 1.82) is 5.41 Å². The zero-order valence-electron chi connectivity index (χ0n) is 7.55. The molecule has 0 aromatic rings. The maximum absolute atomic E-state index is 10.2. The van der Waals surface area contributed by atoms with Crippen molar-refractivity contribution in [3.8, 4) is 0 Å². The molecule has 1 N–H and O–H groups in total. The van der Waals surface area contributed by atoms with E-state index >= 15 is 0 Å². The zero-order valence-corrected chi connectivity index (χ0v) is 7.55. The number of ether oxygens (including phenoxy) is 1. The van der Waals surface area contributed by atoms with E-state index in [9.17, 15) is 5.11 Å². The summed E-state index contributed by atoms with van der Waals surface area (Å²) in [6, 6.07) is 0. The Balaban J connectivity index is 3.69. The van der Waals surface area contributed by atoms with Crippen LogP contribution in [0.15, 0.2) is 0 Å². The van der Waals surface area contributed by atoms with Crippen LogP contribution in [-0.2, 0) is 4.74 Å². The molecular weight excluding hydrogens is 144 g/mol. The van der Waals surface area contributed by atoms with Crippen LogP contribution in [0, 0.1) is 5.41 Å². The van der Waals surface area contributed by atoms with Crippen molar-refractivity contribution in [2.75, 3.05) is 27.7 Å². The fourth-order valence-electron chi connectivity index (χ4n) is 0.991. The van der Waals surface area contributed by atoms with Crippen LogP contribution in [0.1, 0.15) is 6.92 Å². The van der Waals surface area contributed by atoms with Gasteiger partial charge in [-0.25, -0.2) is 0 Å². The summed E-state index contributed by atoms with van der Waals surface area (Å²) < 4.78 is 5.37. The predicted molar refractivity (Wildman–Crippen MR) is 41.2 cm³/mol. The highest BCUT2D eigenvalue weighted by Crippen LogP contribution is 1.97. The molecule has 11 heavy (non-hydrogen) atoms. The average molecular weight is 160 g/mol. The Hall–Kier alpha value is -0.770. The topological polar surface area (TPSA) is 56.1 Å². The van der Waals surface area contributed by atoms with Gasteiger partial charge in [0, 0.05) is 0 Å². The van der Waals surface area contributed by atoms with Crippen molar-refractivity contribution in [1.82, 2.24) is 0 Å². The van der Waals surface area contributed by atoms with Crippen LogP contribution >= 0.6 is 0 Å². The minimum absolute atomic E-state index is 0.181. The average Bonchev–Trinajstić information content (AvgIpc) is 1.53. The molecule has 4 nitrogen and oxygen atoms in total. The van der Waals surface area contributed by atoms with Gasteiger partial charge >= 0.3 is 0 Å². The Morgan fingerprint density at radius 1 is 1.55 bits per heavy atom. The van der Waals surface area contributed by atoms with Crippen LogP contribution in [0.4, 0.5) is 0 Å². The first-order chi connectivity index (χ1) is 4.81. The predicted octanol–water partition coefficient (Wildman–Crippen LogP) is -0.607. The molecule has 0 aliphatic heterocycles. The molecule has 0 aliphatic carbocycles. The van der Waals surface area contributed by atoms with E-state index in [4.69, 9.17) is 5.41 Å². The first-order valence-electron chi connectivity index (χ1n) is 3.54. The van der Waals surface area contributed by atoms with Gasteiger partial charge in [-0.3, -0.25) is 5.41 Å². The smallest absolute Gasteiger partial charge is 0.142 e. The third kappa shape index (κ3) is 7.12. The Labute approximate surface area is 67.5 Å². The number of quaternary nitrogens is 1. The molecule has 0 aromatic carbocycles. The van der Waals surface area contributed by atoms with Crippen molar-refractivity contribution in [3.63, 3.8) is 0 Å². The van der Waals surface area contributed by atoms with E-state index in [0.29, 0.717) is 0 Å². The molecule has 0 aliphatic rings. The highest BCUT2D eigenvalue weighted by Gasteiger charge is 2.10. The molecule has 1 atom stereocenters. The second-order valence-corrected chi connectivity index (χ2v) is 3.69. The summed E-state index contributed by atoms with van der Waals surface area (Å²) in [4.78, 5) is 0. The van der Waals surface area contributed by atoms with Crippen LogP contribution in [0.3, 0.4) is 0 Å². The van der Waals surface area contributed by atoms with Crippen LogP contribution < -0.4 is 5.11 Å². The summed E-state index contributed by atoms with van der Waals surface area (Å²) in [6.07, 6.45) is -1.13. The molecule has 0 saturated heterocycles. The number of nitrogens with one attached hydrogen (secondary N) is 1. The van der Waals surface area contributed by atoms with Gasteiger partial charge in [0.25, 0.3) is 0 Å². The minimum Gasteiger partial charge on any atom is -0.592 e. The molecule has 0 aromatic heterocycles. The third-order valence-corrected chi connectivity index (χ3v) is 1.11. The number of hydrogen-bond donors (Lipinski definition) is 1. The van der Waals surface area contributed by atoms with Gasteiger partial charge in [-0.05, 0) is 6.92 Å². The van der Waals surface area contributed by atoms with Crippen LogP contribution in [0.2, 0.25) is 0 Å². The lowest BCUT2D eigenvalue weighted by molar-refractivity contribution is -0.873. The third-order valence-electron chi connectivity index (χ3n) is 1.11. The molecule has 0 spiro atoms. The molecule has 0 amide bonds. The van der Waals surface area contributed by atoms with Crippen LogP contribution in [0.25, 0.3) is 0 Å². The summed E-state index contributed by atoms with van der Waals surface area (Å²) >= 11 is 0. The molecule has 0 rings (SSSR count). The highest BCUT2D eigenvalue weighted by atomic mass is 16.6. The monoisotopic (exact) mass is 160 g/mol. The van der Waals surface area contributed by atoms with Gasteiger partial charge in [-0.15, -0.1) is 0 Å². The van der Waals surface area contributed by atoms with Crippen LogP contribution in [0.5, 0.6) is 0 Å². The van der Waals surface area contributed by atoms with E-state index in [2.05, 4.69) is 4.74 Å². The Morgan fingerprint density at radius 3 is 2.27 bits per heavy atom. The van der Waals surface area contributed by atoms with Gasteiger partial charge in [0.05, 0.1) is 33.8 Å². The number of nitrogens with zero attached hydrogens (tertiary/aromatic N) is 1. The summed E-state index contributed by atoms with van der Waals surface area (Å²) in [5.41, 5.74) is 0. The lowest BCUT2D eigenvalue weighted by Gasteiger charge is -2.30. The number of rotatable bonds is 3. The van der Waals surface area contributed by atoms with Crippen molar-refractivity contribution in [2.24, 2.45) is 0 Å². The van der Waals surface area contributed by atoms with E-state index in [1.54, 1.807) is 6.92 Å². The van der Waals surface area contributed by atoms with Crippen molar-refractivity contribution in [2.45, 2.75) is 13.0 Å². The van der Waals surface area contributed by atoms with E-state index in [1.165, 1.54) is 0 Å². The quantitative estimate of drug-likeness (QED) is 0.340. The fraction of sp³-hybridized carbons (Fsp3) is 0.857. The zero-order chi connectivity index (χ0) is 9.07. The molecule has 0 saturated carbocycles. The molecule has 0 fully saturated rings. The van der Waals surface area contributed by atoms with E-state index < -0.39 is 6.08 Å². The summed E-state index contributed by atoms with van der Waals surface area (Å²) in [5, 5.41) is 16.7. The van der Waals surface area contributed by atoms with Gasteiger partial charge < -0.3 is 14.3 Å². The second-order valence-electron chi connectivity index (χ2n) is 3.69.